The van der Waals surface area contributed by atoms with Crippen LogP contribution in [0.4, 0.5) is 29.1 Å². The van der Waals surface area contributed by atoms with Crippen LogP contribution in [0, 0.1) is 11.3 Å². The number of ether oxygens (including phenoxy) is 1. The van der Waals surface area contributed by atoms with Crippen LogP contribution in [0.25, 0.3) is 0 Å². The molecule has 11 heteroatoms. The summed E-state index contributed by atoms with van der Waals surface area (Å²) in [6, 6.07) is 8.63. The second-order valence-corrected chi connectivity index (χ2v) is 6.46. The second-order valence-electron chi connectivity index (χ2n) is 6.46. The Morgan fingerprint density at radius 2 is 1.71 bits per heavy atom. The highest BCUT2D eigenvalue weighted by Crippen LogP contribution is 2.30. The summed E-state index contributed by atoms with van der Waals surface area (Å²) >= 11 is 0. The maximum Gasteiger partial charge on any atom is 0.387 e. The third-order valence-corrected chi connectivity index (χ3v) is 4.12. The number of pyridine rings is 1. The van der Waals surface area contributed by atoms with Gasteiger partial charge in [-0.15, -0.1) is 0 Å². The number of amides is 2. The Morgan fingerprint density at radius 1 is 1.10 bits per heavy atom. The molecular weight excluding hydrogens is 420 g/mol. The van der Waals surface area contributed by atoms with Crippen molar-refractivity contribution in [3.63, 3.8) is 0 Å². The van der Waals surface area contributed by atoms with Crippen LogP contribution in [0.2, 0.25) is 0 Å². The molecule has 0 aliphatic heterocycles. The molecule has 0 fully saturated rings. The Morgan fingerprint density at radius 3 is 2.26 bits per heavy atom. The molecule has 1 aromatic carbocycles. The zero-order valence-corrected chi connectivity index (χ0v) is 16.6. The van der Waals surface area contributed by atoms with E-state index in [9.17, 15) is 27.2 Å². The topological polar surface area (TPSA) is 104 Å². The lowest BCUT2D eigenvalue weighted by atomic mass is 10.0. The van der Waals surface area contributed by atoms with Gasteiger partial charge in [-0.1, -0.05) is 13.0 Å². The number of hydrogen-bond donors (Lipinski definition) is 3. The van der Waals surface area contributed by atoms with Gasteiger partial charge in [-0.05, 0) is 43.3 Å². The van der Waals surface area contributed by atoms with Gasteiger partial charge in [0.25, 0.3) is 5.92 Å². The standard InChI is InChI=1S/C20H20F4N4O3/c1-3-20(23,24)14-5-4-6-15(27-14)28-18(30)16(11(2)25)17(29)26-12-7-9-13(10-8-12)31-19(21)22/h4-10,16,19,25H,3H2,1-2H3,(H,26,29)(H,27,28,30). The van der Waals surface area contributed by atoms with Crippen LogP contribution >= 0.6 is 0 Å². The number of halogens is 4. The summed E-state index contributed by atoms with van der Waals surface area (Å²) in [6.45, 7) is -0.477. The Bertz CT molecular complexity index is 952. The van der Waals surface area contributed by atoms with Crippen molar-refractivity contribution in [2.75, 3.05) is 10.6 Å². The molecule has 1 heterocycles. The second kappa shape index (κ2) is 10.0. The molecule has 1 unspecified atom stereocenters. The fraction of sp³-hybridized carbons (Fsp3) is 0.300. The number of anilines is 2. The van der Waals surface area contributed by atoms with Gasteiger partial charge in [-0.25, -0.2) is 4.98 Å². The normalized spacial score (nSPS) is 12.2. The number of nitrogens with zero attached hydrogens (tertiary/aromatic N) is 1. The summed E-state index contributed by atoms with van der Waals surface area (Å²) in [5, 5.41) is 12.4. The molecule has 166 valence electrons. The molecular formula is C20H20F4N4O3. The van der Waals surface area contributed by atoms with Crippen molar-refractivity contribution >= 4 is 29.0 Å². The minimum absolute atomic E-state index is 0.125. The van der Waals surface area contributed by atoms with Crippen molar-refractivity contribution in [1.82, 2.24) is 4.98 Å². The first-order valence-electron chi connectivity index (χ1n) is 9.10. The minimum atomic E-state index is -3.19. The van der Waals surface area contributed by atoms with Crippen molar-refractivity contribution in [1.29, 1.82) is 5.41 Å². The summed E-state index contributed by atoms with van der Waals surface area (Å²) < 4.78 is 56.3. The summed E-state index contributed by atoms with van der Waals surface area (Å²) in [4.78, 5) is 28.8. The van der Waals surface area contributed by atoms with E-state index in [1.54, 1.807) is 0 Å². The monoisotopic (exact) mass is 440 g/mol. The summed E-state index contributed by atoms with van der Waals surface area (Å²) in [5.41, 5.74) is -0.664. The fourth-order valence-electron chi connectivity index (χ4n) is 2.53. The van der Waals surface area contributed by atoms with Gasteiger partial charge in [0, 0.05) is 17.8 Å². The van der Waals surface area contributed by atoms with E-state index in [2.05, 4.69) is 20.4 Å². The molecule has 0 aliphatic rings. The quantitative estimate of drug-likeness (QED) is 0.305. The molecule has 0 saturated heterocycles. The van der Waals surface area contributed by atoms with Crippen molar-refractivity contribution in [3.05, 3.63) is 48.2 Å². The SMILES string of the molecule is CCC(F)(F)c1cccc(NC(=O)C(C(C)=N)C(=O)Nc2ccc(OC(F)F)cc2)n1. The van der Waals surface area contributed by atoms with Crippen LogP contribution in [0.3, 0.4) is 0 Å². The first kappa shape index (κ1) is 23.8. The molecule has 7 nitrogen and oxygen atoms in total. The molecule has 1 aromatic heterocycles. The van der Waals surface area contributed by atoms with Crippen LogP contribution in [0.5, 0.6) is 5.75 Å². The molecule has 0 bridgehead atoms. The van der Waals surface area contributed by atoms with Gasteiger partial charge in [-0.3, -0.25) is 9.59 Å². The summed E-state index contributed by atoms with van der Waals surface area (Å²) in [7, 11) is 0. The van der Waals surface area contributed by atoms with E-state index in [1.807, 2.05) is 0 Å². The van der Waals surface area contributed by atoms with Gasteiger partial charge in [-0.2, -0.15) is 17.6 Å². The highest BCUT2D eigenvalue weighted by atomic mass is 19.3. The average molecular weight is 440 g/mol. The van der Waals surface area contributed by atoms with Crippen LogP contribution in [-0.4, -0.2) is 29.1 Å². The van der Waals surface area contributed by atoms with Gasteiger partial charge < -0.3 is 20.8 Å². The van der Waals surface area contributed by atoms with Crippen molar-refractivity contribution in [2.45, 2.75) is 32.8 Å². The molecule has 0 aliphatic carbocycles. The molecule has 2 amide bonds. The molecule has 1 atom stereocenters. The molecule has 3 N–H and O–H groups in total. The van der Waals surface area contributed by atoms with Gasteiger partial charge in [0.1, 0.15) is 17.3 Å². The van der Waals surface area contributed by atoms with Crippen LogP contribution in [-0.2, 0) is 15.5 Å². The van der Waals surface area contributed by atoms with Crippen LogP contribution in [0.1, 0.15) is 26.0 Å². The Labute approximate surface area is 175 Å². The van der Waals surface area contributed by atoms with E-state index < -0.39 is 42.4 Å². The number of aromatic nitrogens is 1. The lowest BCUT2D eigenvalue weighted by Crippen LogP contribution is -2.38. The average Bonchev–Trinajstić information content (AvgIpc) is 2.69. The highest BCUT2D eigenvalue weighted by molar-refractivity contribution is 6.24. The number of alkyl halides is 4. The van der Waals surface area contributed by atoms with Crippen molar-refractivity contribution in [2.24, 2.45) is 5.92 Å². The Kier molecular flexibility index (Phi) is 7.67. The smallest absolute Gasteiger partial charge is 0.387 e. The zero-order chi connectivity index (χ0) is 23.2. The summed E-state index contributed by atoms with van der Waals surface area (Å²) in [5.74, 6) is -6.89. The van der Waals surface area contributed by atoms with E-state index in [0.29, 0.717) is 0 Å². The first-order valence-corrected chi connectivity index (χ1v) is 9.10. The lowest BCUT2D eigenvalue weighted by molar-refractivity contribution is -0.126. The van der Waals surface area contributed by atoms with E-state index in [-0.39, 0.29) is 23.0 Å². The maximum atomic E-state index is 13.8. The fourth-order valence-corrected chi connectivity index (χ4v) is 2.53. The van der Waals surface area contributed by atoms with E-state index >= 15 is 0 Å². The number of rotatable bonds is 9. The molecule has 2 aromatic rings. The number of nitrogens with one attached hydrogen (secondary N) is 3. The number of carbonyl (C=O) groups is 2. The number of benzene rings is 1. The Hall–Kier alpha value is -3.50. The van der Waals surface area contributed by atoms with Gasteiger partial charge in [0.05, 0.1) is 0 Å². The molecule has 31 heavy (non-hydrogen) atoms. The van der Waals surface area contributed by atoms with Gasteiger partial charge in [0.2, 0.25) is 11.8 Å². The van der Waals surface area contributed by atoms with Gasteiger partial charge >= 0.3 is 6.61 Å². The van der Waals surface area contributed by atoms with Crippen molar-refractivity contribution < 1.29 is 31.9 Å². The lowest BCUT2D eigenvalue weighted by Gasteiger charge is -2.17. The minimum Gasteiger partial charge on any atom is -0.435 e. The third kappa shape index (κ3) is 6.49. The maximum absolute atomic E-state index is 13.8. The van der Waals surface area contributed by atoms with Crippen LogP contribution < -0.4 is 15.4 Å². The molecule has 0 saturated carbocycles. The zero-order valence-electron chi connectivity index (χ0n) is 16.6. The van der Waals surface area contributed by atoms with Crippen molar-refractivity contribution in [3.8, 4) is 5.75 Å². The number of hydrogen-bond acceptors (Lipinski definition) is 5. The molecule has 0 spiro atoms. The van der Waals surface area contributed by atoms with Crippen LogP contribution in [0.15, 0.2) is 42.5 Å². The predicted molar refractivity (Wildman–Crippen MR) is 106 cm³/mol. The highest BCUT2D eigenvalue weighted by Gasteiger charge is 2.32. The van der Waals surface area contributed by atoms with E-state index in [1.165, 1.54) is 50.2 Å². The summed E-state index contributed by atoms with van der Waals surface area (Å²) in [6.07, 6.45) is -0.483. The largest absolute Gasteiger partial charge is 0.435 e. The molecule has 0 radical (unpaired) electrons. The predicted octanol–water partition coefficient (Wildman–Crippen LogP) is 4.42. The molecule has 2 rings (SSSR count). The Balaban J connectivity index is 2.12. The number of carbonyl (C=O) groups excluding carboxylic acids is 2. The van der Waals surface area contributed by atoms with E-state index in [0.717, 1.165) is 6.07 Å². The van der Waals surface area contributed by atoms with Gasteiger partial charge in [0.15, 0.2) is 5.92 Å². The third-order valence-electron chi connectivity index (χ3n) is 4.12. The first-order chi connectivity index (χ1) is 14.5. The van der Waals surface area contributed by atoms with E-state index in [4.69, 9.17) is 5.41 Å².